The molecule has 0 unspecified atom stereocenters. The summed E-state index contributed by atoms with van der Waals surface area (Å²) >= 11 is 0. The molecule has 4 aliphatic rings. The normalized spacial score (nSPS) is 26.2. The van der Waals surface area contributed by atoms with Crippen LogP contribution in [0.5, 0.6) is 0 Å². The molecule has 4 radical (unpaired) electrons. The number of aromatic nitrogens is 6. The minimum atomic E-state index is -0.590. The highest BCUT2D eigenvalue weighted by molar-refractivity contribution is 5.46. The molecule has 4 saturated heterocycles. The van der Waals surface area contributed by atoms with Crippen molar-refractivity contribution in [2.45, 2.75) is 231 Å². The number of piperidine rings is 4. The van der Waals surface area contributed by atoms with Gasteiger partial charge >= 0.3 is 0 Å². The second-order valence-electron chi connectivity index (χ2n) is 24.1. The number of hydrogen-bond donors (Lipinski definition) is 6. The number of rotatable bonds is 13. The van der Waals surface area contributed by atoms with Crippen molar-refractivity contribution in [1.82, 2.24) is 50.2 Å². The van der Waals surface area contributed by atoms with Crippen LogP contribution in [-0.4, -0.2) is 132 Å². The third kappa shape index (κ3) is 11.2. The lowest BCUT2D eigenvalue weighted by molar-refractivity contribution is -0.288. The van der Waals surface area contributed by atoms with Crippen LogP contribution in [0, 0.1) is 0 Å². The maximum atomic E-state index is 13.2. The smallest absolute Gasteiger partial charge is 0.229 e. The quantitative estimate of drug-likeness (QED) is 0.115. The fourth-order valence-electron chi connectivity index (χ4n) is 11.7. The molecule has 6 heterocycles. The molecule has 20 heteroatoms. The van der Waals surface area contributed by atoms with Crippen molar-refractivity contribution in [3.8, 4) is 0 Å². The molecular formula is C44H78N16O4. The zero-order chi connectivity index (χ0) is 47.6. The average molecular weight is 895 g/mol. The molecule has 4 fully saturated rings. The molecule has 2 aromatic rings. The van der Waals surface area contributed by atoms with Crippen molar-refractivity contribution >= 4 is 35.7 Å². The summed E-state index contributed by atoms with van der Waals surface area (Å²) in [4.78, 5) is 28.8. The first-order chi connectivity index (χ1) is 29.2. The van der Waals surface area contributed by atoms with Gasteiger partial charge in [-0.05, 0) is 162 Å². The Kier molecular flexibility index (Phi) is 13.5. The molecule has 0 atom stereocenters. The predicted molar refractivity (Wildman–Crippen MR) is 246 cm³/mol. The van der Waals surface area contributed by atoms with Gasteiger partial charge in [-0.3, -0.25) is 0 Å². The highest BCUT2D eigenvalue weighted by atomic mass is 16.5. The van der Waals surface area contributed by atoms with E-state index in [9.17, 15) is 20.8 Å². The zero-order valence-corrected chi connectivity index (χ0v) is 41.5. The Morgan fingerprint density at radius 1 is 0.328 bits per heavy atom. The molecule has 0 aliphatic carbocycles. The molecule has 0 amide bonds. The lowest BCUT2D eigenvalue weighted by Crippen LogP contribution is -2.61. The van der Waals surface area contributed by atoms with Crippen molar-refractivity contribution in [3.63, 3.8) is 0 Å². The van der Waals surface area contributed by atoms with Crippen LogP contribution in [0.2, 0.25) is 0 Å². The monoisotopic (exact) mass is 895 g/mol. The van der Waals surface area contributed by atoms with Crippen LogP contribution in [0.25, 0.3) is 0 Å². The van der Waals surface area contributed by atoms with E-state index in [2.05, 4.69) is 31.9 Å². The summed E-state index contributed by atoms with van der Waals surface area (Å²) in [5, 5.41) is 78.3. The second kappa shape index (κ2) is 17.3. The van der Waals surface area contributed by atoms with Crippen molar-refractivity contribution in [1.29, 1.82) is 0 Å². The number of nitrogens with one attached hydrogen (secondary N) is 6. The Morgan fingerprint density at radius 2 is 0.484 bits per heavy atom. The summed E-state index contributed by atoms with van der Waals surface area (Å²) in [5.41, 5.74) is -4.72. The number of hydroxylamine groups is 8. The molecule has 2 aromatic heterocycles. The largest absolute Gasteiger partial charge is 0.352 e. The van der Waals surface area contributed by atoms with Gasteiger partial charge in [-0.15, -0.1) is 41.1 Å². The molecule has 6 N–H and O–H groups in total. The predicted octanol–water partition coefficient (Wildman–Crippen LogP) is 6.70. The molecule has 0 saturated carbocycles. The van der Waals surface area contributed by atoms with Gasteiger partial charge in [0.15, 0.2) is 0 Å². The Labute approximate surface area is 381 Å². The van der Waals surface area contributed by atoms with E-state index in [4.69, 9.17) is 29.9 Å². The minimum absolute atomic E-state index is 0.0639. The van der Waals surface area contributed by atoms with E-state index in [-0.39, 0.29) is 24.2 Å². The van der Waals surface area contributed by atoms with Crippen molar-refractivity contribution < 1.29 is 20.8 Å². The van der Waals surface area contributed by atoms with Gasteiger partial charge in [-0.1, -0.05) is 0 Å². The second-order valence-corrected chi connectivity index (χ2v) is 24.1. The summed E-state index contributed by atoms with van der Waals surface area (Å²) in [5.74, 6) is 2.25. The Bertz CT molecular complexity index is 1620. The van der Waals surface area contributed by atoms with E-state index in [0.717, 1.165) is 0 Å². The number of hydrogen-bond acceptors (Lipinski definition) is 16. The van der Waals surface area contributed by atoms with Crippen molar-refractivity contribution in [2.24, 2.45) is 0 Å². The third-order valence-electron chi connectivity index (χ3n) is 13.7. The maximum Gasteiger partial charge on any atom is 0.229 e. The zero-order valence-electron chi connectivity index (χ0n) is 41.5. The molecule has 0 aromatic carbocycles. The summed E-state index contributed by atoms with van der Waals surface area (Å²) in [6.07, 6.45) is 4.82. The standard InChI is InChI=1S/C44H78N16O4/c1-37(2)19-27(20-38(3,4)57(37)61)47-33-51-31(52-34(55-33)48-28-21-39(5,6)58(62)40(7,8)22-28)45-17-18-46-32-53-35(49-29-23-41(9,10)59(63)42(11,12)24-29)56-36(54-32)50-30-25-43(13,14)60(64)44(15,16)26-30/h27-30H,17-26H2,1-16H3,(H3,45,47,48,51,52,55)(H3,46,49,50,53,54,56). The summed E-state index contributed by atoms with van der Waals surface area (Å²) in [6, 6.07) is -0.256. The molecule has 20 nitrogen and oxygen atoms in total. The topological polar surface area (TPSA) is 242 Å². The van der Waals surface area contributed by atoms with Gasteiger partial charge in [0, 0.05) is 81.6 Å². The Balaban J connectivity index is 1.21. The van der Waals surface area contributed by atoms with Gasteiger partial charge in [0.1, 0.15) is 0 Å². The molecule has 64 heavy (non-hydrogen) atoms. The number of anilines is 6. The van der Waals surface area contributed by atoms with Crippen LogP contribution >= 0.6 is 0 Å². The van der Waals surface area contributed by atoms with Gasteiger partial charge in [0.05, 0.1) is 0 Å². The molecule has 4 aliphatic heterocycles. The van der Waals surface area contributed by atoms with E-state index in [0.29, 0.717) is 100 Å². The minimum Gasteiger partial charge on any atom is -0.352 e. The maximum absolute atomic E-state index is 13.2. The lowest BCUT2D eigenvalue weighted by Gasteiger charge is -2.50. The van der Waals surface area contributed by atoms with Gasteiger partial charge in [-0.2, -0.15) is 29.9 Å². The van der Waals surface area contributed by atoms with Crippen molar-refractivity contribution in [3.05, 3.63) is 0 Å². The van der Waals surface area contributed by atoms with Gasteiger partial charge in [0.25, 0.3) is 0 Å². The summed E-state index contributed by atoms with van der Waals surface area (Å²) in [7, 11) is 0. The van der Waals surface area contributed by atoms with Crippen LogP contribution in [0.1, 0.15) is 162 Å². The van der Waals surface area contributed by atoms with Crippen LogP contribution in [0.15, 0.2) is 0 Å². The first-order valence-corrected chi connectivity index (χ1v) is 23.2. The first kappa shape index (κ1) is 49.9. The highest BCUT2D eigenvalue weighted by Crippen LogP contribution is 2.42. The molecular weight excluding hydrogens is 817 g/mol. The van der Waals surface area contributed by atoms with E-state index in [1.165, 1.54) is 20.3 Å². The Morgan fingerprint density at radius 3 is 0.656 bits per heavy atom. The van der Waals surface area contributed by atoms with Crippen LogP contribution in [-0.2, 0) is 20.8 Å². The van der Waals surface area contributed by atoms with Gasteiger partial charge < -0.3 is 31.9 Å². The lowest BCUT2D eigenvalue weighted by atomic mass is 9.79. The Hall–Kier alpha value is -3.50. The van der Waals surface area contributed by atoms with Gasteiger partial charge in [-0.25, -0.2) is 0 Å². The van der Waals surface area contributed by atoms with Gasteiger partial charge in [0.2, 0.25) is 35.7 Å². The van der Waals surface area contributed by atoms with Crippen LogP contribution < -0.4 is 31.9 Å². The summed E-state index contributed by atoms with van der Waals surface area (Å²) in [6.45, 7) is 32.2. The highest BCUT2D eigenvalue weighted by Gasteiger charge is 2.50. The molecule has 6 rings (SSSR count). The third-order valence-corrected chi connectivity index (χ3v) is 13.7. The van der Waals surface area contributed by atoms with Crippen LogP contribution in [0.3, 0.4) is 0 Å². The first-order valence-electron chi connectivity index (χ1n) is 23.2. The fourth-order valence-corrected chi connectivity index (χ4v) is 11.7. The fraction of sp³-hybridized carbons (Fsp3) is 0.864. The van der Waals surface area contributed by atoms with E-state index < -0.39 is 44.3 Å². The van der Waals surface area contributed by atoms with E-state index in [1.807, 2.05) is 111 Å². The average Bonchev–Trinajstić information content (AvgIpc) is 3.11. The SMILES string of the molecule is CC1(C)CC(Nc2nc(NCCNc3nc(NC4CC(C)(C)N([O])C(C)(C)C4)nc(NC4CC(C)(C)N([O])C(C)(C)C4)n3)nc(NC3CC(C)(C)N([O])C(C)(C)C3)n2)CC(C)(C)N1[O]. The number of nitrogens with zero attached hydrogens (tertiary/aromatic N) is 10. The van der Waals surface area contributed by atoms with Crippen LogP contribution in [0.4, 0.5) is 35.7 Å². The molecule has 0 bridgehead atoms. The van der Waals surface area contributed by atoms with E-state index in [1.54, 1.807) is 0 Å². The molecule has 0 spiro atoms. The summed E-state index contributed by atoms with van der Waals surface area (Å²) < 4.78 is 0. The van der Waals surface area contributed by atoms with Crippen molar-refractivity contribution in [2.75, 3.05) is 45.0 Å². The molecule has 358 valence electrons. The van der Waals surface area contributed by atoms with E-state index >= 15 is 0 Å².